The van der Waals surface area contributed by atoms with Crippen LogP contribution in [0.25, 0.3) is 11.2 Å². The van der Waals surface area contributed by atoms with Crippen LogP contribution in [0.4, 0.5) is 5.82 Å². The summed E-state index contributed by atoms with van der Waals surface area (Å²) in [5, 5.41) is 2.40. The number of anilines is 1. The van der Waals surface area contributed by atoms with Crippen molar-refractivity contribution in [1.82, 2.24) is 24.6 Å². The van der Waals surface area contributed by atoms with E-state index in [1.54, 1.807) is 17.8 Å². The normalized spacial score (nSPS) is 15.3. The van der Waals surface area contributed by atoms with Crippen molar-refractivity contribution in [3.05, 3.63) is 48.5 Å². The van der Waals surface area contributed by atoms with Crippen molar-refractivity contribution in [2.24, 2.45) is 0 Å². The van der Waals surface area contributed by atoms with Crippen LogP contribution in [-0.2, 0) is 32.0 Å². The van der Waals surface area contributed by atoms with Crippen LogP contribution >= 0.6 is 7.52 Å². The molecule has 0 fully saturated rings. The molecule has 12 heteroatoms. The van der Waals surface area contributed by atoms with Crippen LogP contribution in [0.15, 0.2) is 43.0 Å². The minimum Gasteiger partial charge on any atom is -0.460 e. The van der Waals surface area contributed by atoms with Crippen molar-refractivity contribution in [2.75, 3.05) is 12.1 Å². The Labute approximate surface area is 179 Å². The Morgan fingerprint density at radius 3 is 2.74 bits per heavy atom. The molecule has 0 aliphatic carbocycles. The second-order valence-electron chi connectivity index (χ2n) is 7.08. The topological polar surface area (TPSA) is 154 Å². The van der Waals surface area contributed by atoms with Gasteiger partial charge in [-0.2, -0.15) is 0 Å². The maximum absolute atomic E-state index is 12.4. The number of esters is 1. The first-order valence-electron chi connectivity index (χ1n) is 9.58. The van der Waals surface area contributed by atoms with Crippen molar-refractivity contribution >= 4 is 30.5 Å². The molecule has 2 heterocycles. The van der Waals surface area contributed by atoms with E-state index < -0.39 is 32.0 Å². The summed E-state index contributed by atoms with van der Waals surface area (Å²) in [6.45, 7) is 3.62. The first-order valence-corrected chi connectivity index (χ1v) is 11.4. The zero-order valence-electron chi connectivity index (χ0n) is 17.2. The summed E-state index contributed by atoms with van der Waals surface area (Å²) >= 11 is 0. The lowest BCUT2D eigenvalue weighted by Crippen LogP contribution is -2.34. The van der Waals surface area contributed by atoms with Gasteiger partial charge in [0.05, 0.1) is 19.0 Å². The Balaban J connectivity index is 1.47. The Morgan fingerprint density at radius 2 is 2.00 bits per heavy atom. The smallest absolute Gasteiger partial charge is 0.323 e. The molecule has 0 radical (unpaired) electrons. The van der Waals surface area contributed by atoms with Crippen molar-refractivity contribution in [3.8, 4) is 0 Å². The summed E-state index contributed by atoms with van der Waals surface area (Å²) in [5.74, 6) is -0.358. The van der Waals surface area contributed by atoms with Gasteiger partial charge in [0.2, 0.25) is 0 Å². The van der Waals surface area contributed by atoms with Gasteiger partial charge in [-0.15, -0.1) is 0 Å². The van der Waals surface area contributed by atoms with Crippen LogP contribution in [0.3, 0.4) is 0 Å². The number of carbonyl (C=O) groups excluding carboxylic acids is 1. The van der Waals surface area contributed by atoms with E-state index in [9.17, 15) is 14.3 Å². The fourth-order valence-corrected chi connectivity index (χ4v) is 4.08. The number of nitrogens with one attached hydrogen (secondary N) is 1. The highest BCUT2D eigenvalue weighted by atomic mass is 31.2. The third kappa shape index (κ3) is 6.31. The van der Waals surface area contributed by atoms with Gasteiger partial charge in [-0.3, -0.25) is 9.36 Å². The summed E-state index contributed by atoms with van der Waals surface area (Å²) < 4.78 is 24.8. The molecule has 3 atom stereocenters. The van der Waals surface area contributed by atoms with E-state index in [0.717, 1.165) is 5.56 Å². The molecule has 0 bridgehead atoms. The molecule has 3 rings (SSSR count). The van der Waals surface area contributed by atoms with Crippen LogP contribution in [0.2, 0.25) is 0 Å². The molecule has 11 nitrogen and oxygen atoms in total. The van der Waals surface area contributed by atoms with Crippen LogP contribution in [0.1, 0.15) is 19.4 Å². The zero-order valence-corrected chi connectivity index (χ0v) is 18.1. The molecule has 4 N–H and O–H groups in total. The summed E-state index contributed by atoms with van der Waals surface area (Å²) in [4.78, 5) is 34.5. The van der Waals surface area contributed by atoms with Crippen molar-refractivity contribution < 1.29 is 23.7 Å². The van der Waals surface area contributed by atoms with E-state index in [4.69, 9.17) is 15.2 Å². The quantitative estimate of drug-likeness (QED) is 0.308. The predicted octanol–water partition coefficient (Wildman–Crippen LogP) is 1.68. The Morgan fingerprint density at radius 1 is 1.26 bits per heavy atom. The Kier molecular flexibility index (Phi) is 7.34. The van der Waals surface area contributed by atoms with Gasteiger partial charge in [-0.05, 0) is 19.4 Å². The average molecular weight is 448 g/mol. The maximum Gasteiger partial charge on any atom is 0.323 e. The van der Waals surface area contributed by atoms with Gasteiger partial charge in [-0.1, -0.05) is 30.3 Å². The molecule has 3 aromatic rings. The van der Waals surface area contributed by atoms with E-state index in [1.165, 1.54) is 13.3 Å². The fraction of sp³-hybridized carbons (Fsp3) is 0.368. The summed E-state index contributed by atoms with van der Waals surface area (Å²) in [5.41, 5.74) is 7.62. The highest BCUT2D eigenvalue weighted by Gasteiger charge is 2.27. The number of hydrogen-bond acceptors (Lipinski definition) is 8. The molecule has 0 saturated carbocycles. The van der Waals surface area contributed by atoms with E-state index in [1.807, 2.05) is 30.3 Å². The number of nitrogens with zero attached hydrogens (tertiary/aromatic N) is 4. The molecule has 166 valence electrons. The van der Waals surface area contributed by atoms with Crippen LogP contribution in [-0.4, -0.2) is 48.9 Å². The molecular formula is C19H25N6O5P. The monoisotopic (exact) mass is 448 g/mol. The van der Waals surface area contributed by atoms with E-state index in [-0.39, 0.29) is 12.4 Å². The number of carbonyl (C=O) groups is 1. The highest BCUT2D eigenvalue weighted by molar-refractivity contribution is 7.55. The number of hydrogen-bond donors (Lipinski definition) is 3. The van der Waals surface area contributed by atoms with Gasteiger partial charge in [0, 0.05) is 0 Å². The molecule has 0 spiro atoms. The van der Waals surface area contributed by atoms with Gasteiger partial charge < -0.3 is 24.7 Å². The third-order valence-corrected chi connectivity index (χ3v) is 5.68. The number of benzene rings is 1. The van der Waals surface area contributed by atoms with E-state index >= 15 is 0 Å². The fourth-order valence-electron chi connectivity index (χ4n) is 2.84. The van der Waals surface area contributed by atoms with Crippen LogP contribution in [0, 0.1) is 0 Å². The minimum atomic E-state index is -3.94. The van der Waals surface area contributed by atoms with Gasteiger partial charge >= 0.3 is 5.97 Å². The Hall–Kier alpha value is -2.85. The highest BCUT2D eigenvalue weighted by Crippen LogP contribution is 2.36. The third-order valence-electron chi connectivity index (χ3n) is 4.39. The lowest BCUT2D eigenvalue weighted by Gasteiger charge is -2.20. The second kappa shape index (κ2) is 9.97. The van der Waals surface area contributed by atoms with Gasteiger partial charge in [-0.25, -0.2) is 20.0 Å². The molecule has 0 aliphatic rings. The lowest BCUT2D eigenvalue weighted by molar-refractivity contribution is -0.146. The first kappa shape index (κ1) is 22.8. The Bertz CT molecular complexity index is 1080. The van der Waals surface area contributed by atoms with Gasteiger partial charge in [0.15, 0.2) is 11.5 Å². The van der Waals surface area contributed by atoms with Crippen molar-refractivity contribution in [3.63, 3.8) is 0 Å². The number of nitrogen functional groups attached to an aromatic ring is 1. The van der Waals surface area contributed by atoms with Crippen molar-refractivity contribution in [2.45, 2.75) is 39.1 Å². The molecule has 31 heavy (non-hydrogen) atoms. The van der Waals surface area contributed by atoms with E-state index in [2.05, 4.69) is 20.0 Å². The van der Waals surface area contributed by atoms with Crippen LogP contribution in [0.5, 0.6) is 0 Å². The maximum atomic E-state index is 12.4. The number of imidazole rings is 1. The standard InChI is InChI=1S/C19H25N6O5P/c1-13(8-25-11-23-16-17(20)21-10-22-18(16)25)30-12-31(27,28)24-14(2)19(26)29-9-15-6-4-3-5-7-15/h3-7,10-11,13-14H,8-9,12H2,1-2H3,(H2,20,21,22)(H2,24,27,28). The number of ether oxygens (including phenoxy) is 2. The predicted molar refractivity (Wildman–Crippen MR) is 114 cm³/mol. The molecular weight excluding hydrogens is 423 g/mol. The molecule has 1 aromatic carbocycles. The van der Waals surface area contributed by atoms with Crippen molar-refractivity contribution in [1.29, 1.82) is 0 Å². The largest absolute Gasteiger partial charge is 0.460 e. The minimum absolute atomic E-state index is 0.0852. The number of aromatic nitrogens is 4. The SMILES string of the molecule is CC(Cn1cnc2c(N)ncnc21)OCP(=O)(O)NC(C)C(=O)OCc1ccccc1. The molecule has 0 saturated heterocycles. The number of fused-ring (bicyclic) bond motifs is 1. The van der Waals surface area contributed by atoms with Gasteiger partial charge in [0.1, 0.15) is 30.8 Å². The summed E-state index contributed by atoms with van der Waals surface area (Å²) in [7, 11) is -3.94. The molecule has 0 aliphatic heterocycles. The van der Waals surface area contributed by atoms with Crippen LogP contribution < -0.4 is 10.8 Å². The number of nitrogens with two attached hydrogens (primary N) is 1. The lowest BCUT2D eigenvalue weighted by atomic mass is 10.2. The first-order chi connectivity index (χ1) is 14.7. The molecule has 0 amide bonds. The molecule has 2 aromatic heterocycles. The summed E-state index contributed by atoms with van der Waals surface area (Å²) in [6.07, 6.45) is 1.98. The zero-order chi connectivity index (χ0) is 22.4. The summed E-state index contributed by atoms with van der Waals surface area (Å²) in [6, 6.07) is 8.19. The van der Waals surface area contributed by atoms with E-state index in [0.29, 0.717) is 17.7 Å². The number of rotatable bonds is 10. The van der Waals surface area contributed by atoms with Gasteiger partial charge in [0.25, 0.3) is 7.52 Å². The average Bonchev–Trinajstić information content (AvgIpc) is 3.15. The second-order valence-corrected chi connectivity index (χ2v) is 9.00. The molecule has 3 unspecified atom stereocenters.